The third kappa shape index (κ3) is 3.97. The molecule has 1 aromatic heterocycles. The second-order valence-electron chi connectivity index (χ2n) is 4.41. The smallest absolute Gasteiger partial charge is 0.191 e. The lowest BCUT2D eigenvalue weighted by atomic mass is 10.1. The van der Waals surface area contributed by atoms with Crippen LogP contribution in [0.2, 0.25) is 0 Å². The highest BCUT2D eigenvalue weighted by atomic mass is 32.2. The monoisotopic (exact) mass is 258 g/mol. The molecule has 0 unspecified atom stereocenters. The summed E-state index contributed by atoms with van der Waals surface area (Å²) in [6, 6.07) is 0. The fourth-order valence-corrected chi connectivity index (χ4v) is 2.65. The number of hydrogen-bond donors (Lipinski definition) is 1. The molecule has 6 heteroatoms. The van der Waals surface area contributed by atoms with Gasteiger partial charge < -0.3 is 15.0 Å². The molecule has 0 amide bonds. The summed E-state index contributed by atoms with van der Waals surface area (Å²) in [5.74, 6) is 1.81. The van der Waals surface area contributed by atoms with E-state index in [-0.39, 0.29) is 5.60 Å². The Bertz CT molecular complexity index is 351. The van der Waals surface area contributed by atoms with Gasteiger partial charge in [0.15, 0.2) is 5.16 Å². The quantitative estimate of drug-likeness (QED) is 0.754. The van der Waals surface area contributed by atoms with E-state index in [1.54, 1.807) is 18.9 Å². The molecule has 2 N–H and O–H groups in total. The lowest BCUT2D eigenvalue weighted by Crippen LogP contribution is -2.23. The minimum absolute atomic E-state index is 0.0826. The van der Waals surface area contributed by atoms with Crippen molar-refractivity contribution in [2.24, 2.45) is 5.73 Å². The highest BCUT2D eigenvalue weighted by Crippen LogP contribution is 2.22. The molecule has 0 bridgehead atoms. The average molecular weight is 258 g/mol. The minimum atomic E-state index is -0.0826. The summed E-state index contributed by atoms with van der Waals surface area (Å²) in [5, 5.41) is 9.18. The first kappa shape index (κ1) is 14.5. The van der Waals surface area contributed by atoms with E-state index in [9.17, 15) is 0 Å². The number of rotatable bonds is 7. The molecule has 5 nitrogen and oxygen atoms in total. The van der Waals surface area contributed by atoms with Crippen LogP contribution in [0.1, 0.15) is 33.0 Å². The summed E-state index contributed by atoms with van der Waals surface area (Å²) in [7, 11) is 1.74. The Kier molecular flexibility index (Phi) is 5.42. The Labute approximate surface area is 107 Å². The van der Waals surface area contributed by atoms with E-state index in [4.69, 9.17) is 10.5 Å². The van der Waals surface area contributed by atoms with E-state index in [0.29, 0.717) is 6.54 Å². The number of nitrogens with two attached hydrogens (primary N) is 1. The van der Waals surface area contributed by atoms with Gasteiger partial charge in [0.25, 0.3) is 0 Å². The van der Waals surface area contributed by atoms with Gasteiger partial charge in [0.05, 0.1) is 12.1 Å². The number of ether oxygens (including phenoxy) is 1. The van der Waals surface area contributed by atoms with Gasteiger partial charge in [-0.1, -0.05) is 11.8 Å². The predicted octanol–water partition coefficient (Wildman–Crippen LogP) is 1.66. The second kappa shape index (κ2) is 6.37. The lowest BCUT2D eigenvalue weighted by molar-refractivity contribution is 0.0206. The maximum atomic E-state index is 5.61. The van der Waals surface area contributed by atoms with Crippen LogP contribution in [0.25, 0.3) is 0 Å². The van der Waals surface area contributed by atoms with Crippen LogP contribution in [0.3, 0.4) is 0 Å². The van der Waals surface area contributed by atoms with Gasteiger partial charge in [0.1, 0.15) is 5.82 Å². The molecule has 0 atom stereocenters. The highest BCUT2D eigenvalue weighted by molar-refractivity contribution is 7.99. The Balaban J connectivity index is 2.55. The van der Waals surface area contributed by atoms with Crippen molar-refractivity contribution in [2.45, 2.75) is 51.0 Å². The van der Waals surface area contributed by atoms with Crippen molar-refractivity contribution >= 4 is 11.8 Å². The average Bonchev–Trinajstić information content (AvgIpc) is 2.71. The predicted molar refractivity (Wildman–Crippen MR) is 70.0 cm³/mol. The van der Waals surface area contributed by atoms with Crippen LogP contribution in [-0.4, -0.2) is 33.2 Å². The molecule has 0 aromatic carbocycles. The van der Waals surface area contributed by atoms with Gasteiger partial charge in [-0.25, -0.2) is 0 Å². The van der Waals surface area contributed by atoms with Crippen LogP contribution in [0.15, 0.2) is 5.16 Å². The lowest BCUT2D eigenvalue weighted by Gasteiger charge is -2.22. The van der Waals surface area contributed by atoms with Gasteiger partial charge in [0.2, 0.25) is 0 Å². The molecule has 0 aliphatic carbocycles. The Morgan fingerprint density at radius 3 is 2.65 bits per heavy atom. The largest absolute Gasteiger partial charge is 0.379 e. The molecule has 0 aliphatic rings. The van der Waals surface area contributed by atoms with Crippen LogP contribution in [0.4, 0.5) is 0 Å². The Morgan fingerprint density at radius 1 is 1.41 bits per heavy atom. The van der Waals surface area contributed by atoms with E-state index in [1.165, 1.54) is 0 Å². The van der Waals surface area contributed by atoms with Crippen LogP contribution in [-0.2, 0) is 17.8 Å². The fourth-order valence-electron chi connectivity index (χ4n) is 1.38. The second-order valence-corrected chi connectivity index (χ2v) is 5.47. The standard InChI is InChI=1S/C11H22N4OS/c1-5-15-9(8-12)13-14-10(15)17-7-6-11(2,3)16-4/h5-8,12H2,1-4H3. The molecule has 0 radical (unpaired) electrons. The van der Waals surface area contributed by atoms with Crippen LogP contribution >= 0.6 is 11.8 Å². The number of aromatic nitrogens is 3. The summed E-state index contributed by atoms with van der Waals surface area (Å²) in [6.07, 6.45) is 0.975. The summed E-state index contributed by atoms with van der Waals surface area (Å²) >= 11 is 1.70. The van der Waals surface area contributed by atoms with Crippen molar-refractivity contribution in [1.29, 1.82) is 0 Å². The topological polar surface area (TPSA) is 66.0 Å². The first-order chi connectivity index (χ1) is 8.04. The maximum absolute atomic E-state index is 5.61. The van der Waals surface area contributed by atoms with Gasteiger partial charge in [0, 0.05) is 19.4 Å². The van der Waals surface area contributed by atoms with Crippen molar-refractivity contribution in [1.82, 2.24) is 14.8 Å². The number of hydrogen-bond acceptors (Lipinski definition) is 5. The van der Waals surface area contributed by atoms with Crippen molar-refractivity contribution in [2.75, 3.05) is 12.9 Å². The molecular weight excluding hydrogens is 236 g/mol. The van der Waals surface area contributed by atoms with Crippen molar-refractivity contribution < 1.29 is 4.74 Å². The van der Waals surface area contributed by atoms with Gasteiger partial charge in [-0.3, -0.25) is 0 Å². The summed E-state index contributed by atoms with van der Waals surface area (Å²) in [4.78, 5) is 0. The van der Waals surface area contributed by atoms with Gasteiger partial charge in [-0.15, -0.1) is 10.2 Å². The van der Waals surface area contributed by atoms with E-state index in [1.807, 2.05) is 0 Å². The number of methoxy groups -OCH3 is 1. The Morgan fingerprint density at radius 2 is 2.12 bits per heavy atom. The zero-order valence-electron chi connectivity index (χ0n) is 11.1. The van der Waals surface area contributed by atoms with E-state index in [2.05, 4.69) is 35.5 Å². The van der Waals surface area contributed by atoms with E-state index in [0.717, 1.165) is 29.7 Å². The zero-order valence-corrected chi connectivity index (χ0v) is 11.9. The maximum Gasteiger partial charge on any atom is 0.191 e. The summed E-state index contributed by atoms with van der Waals surface area (Å²) < 4.78 is 7.44. The fraction of sp³-hybridized carbons (Fsp3) is 0.818. The summed E-state index contributed by atoms with van der Waals surface area (Å²) in [5.41, 5.74) is 5.52. The van der Waals surface area contributed by atoms with Crippen molar-refractivity contribution in [3.8, 4) is 0 Å². The molecular formula is C11H22N4OS. The first-order valence-corrected chi connectivity index (χ1v) is 6.82. The van der Waals surface area contributed by atoms with Crippen molar-refractivity contribution in [3.05, 3.63) is 5.82 Å². The van der Waals surface area contributed by atoms with Crippen LogP contribution in [0, 0.1) is 0 Å². The molecule has 0 saturated heterocycles. The van der Waals surface area contributed by atoms with Gasteiger partial charge >= 0.3 is 0 Å². The molecule has 98 valence electrons. The third-order valence-electron chi connectivity index (χ3n) is 2.78. The van der Waals surface area contributed by atoms with Gasteiger partial charge in [-0.2, -0.15) is 0 Å². The van der Waals surface area contributed by atoms with E-state index >= 15 is 0 Å². The third-order valence-corrected chi connectivity index (χ3v) is 3.75. The van der Waals surface area contributed by atoms with Crippen molar-refractivity contribution in [3.63, 3.8) is 0 Å². The molecule has 1 aromatic rings. The van der Waals surface area contributed by atoms with Crippen LogP contribution < -0.4 is 5.73 Å². The highest BCUT2D eigenvalue weighted by Gasteiger charge is 2.17. The number of thioether (sulfide) groups is 1. The van der Waals surface area contributed by atoms with Crippen LogP contribution in [0.5, 0.6) is 0 Å². The summed E-state index contributed by atoms with van der Waals surface area (Å²) in [6.45, 7) is 7.54. The molecule has 1 rings (SSSR count). The molecule has 17 heavy (non-hydrogen) atoms. The molecule has 1 heterocycles. The molecule has 0 fully saturated rings. The number of nitrogens with zero attached hydrogens (tertiary/aromatic N) is 3. The van der Waals surface area contributed by atoms with Gasteiger partial charge in [-0.05, 0) is 27.2 Å². The molecule has 0 saturated carbocycles. The SMILES string of the molecule is CCn1c(CN)nnc1SCCC(C)(C)OC. The molecule has 0 aliphatic heterocycles. The first-order valence-electron chi connectivity index (χ1n) is 5.84. The normalized spacial score (nSPS) is 12.1. The Hall–Kier alpha value is -0.590. The molecule has 0 spiro atoms. The van der Waals surface area contributed by atoms with E-state index < -0.39 is 0 Å². The minimum Gasteiger partial charge on any atom is -0.379 e. The zero-order chi connectivity index (χ0) is 12.9.